The van der Waals surface area contributed by atoms with Crippen molar-refractivity contribution in [3.8, 4) is 0 Å². The Morgan fingerprint density at radius 2 is 1.97 bits per heavy atom. The minimum atomic E-state index is -2.19. The summed E-state index contributed by atoms with van der Waals surface area (Å²) >= 11 is 3.29. The average molecular weight is 534 g/mol. The van der Waals surface area contributed by atoms with E-state index in [0.29, 0.717) is 16.5 Å². The Bertz CT molecular complexity index is 1100. The van der Waals surface area contributed by atoms with E-state index in [1.54, 1.807) is 31.2 Å². The Morgan fingerprint density at radius 3 is 2.59 bits per heavy atom. The van der Waals surface area contributed by atoms with Crippen molar-refractivity contribution in [2.75, 3.05) is 6.61 Å². The number of esters is 1. The van der Waals surface area contributed by atoms with E-state index >= 15 is 0 Å². The van der Waals surface area contributed by atoms with Crippen LogP contribution in [0, 0.1) is 28.6 Å². The molecule has 3 N–H and O–H groups in total. The van der Waals surface area contributed by atoms with Gasteiger partial charge < -0.3 is 20.1 Å². The number of rotatable bonds is 3. The van der Waals surface area contributed by atoms with E-state index in [2.05, 4.69) is 27.8 Å². The molecule has 1 saturated carbocycles. The Labute approximate surface area is 208 Å². The molecular formula is C26H32BrNO6. The first-order valence-electron chi connectivity index (χ1n) is 11.6. The smallest absolute Gasteiger partial charge is 0.358 e. The summed E-state index contributed by atoms with van der Waals surface area (Å²) in [6, 6.07) is 3.31. The van der Waals surface area contributed by atoms with Gasteiger partial charge in [0.05, 0.1) is 16.5 Å². The van der Waals surface area contributed by atoms with Crippen molar-refractivity contribution in [3.05, 3.63) is 51.8 Å². The number of halogens is 1. The fourth-order valence-electron chi connectivity index (χ4n) is 6.35. The molecule has 34 heavy (non-hydrogen) atoms. The summed E-state index contributed by atoms with van der Waals surface area (Å²) in [6.45, 7) is 9.16. The molecule has 0 saturated heterocycles. The third-order valence-electron chi connectivity index (χ3n) is 8.69. The zero-order chi connectivity index (χ0) is 25.2. The number of hydrogen-bond acceptors (Lipinski definition) is 7. The molecular weight excluding hydrogens is 502 g/mol. The van der Waals surface area contributed by atoms with Gasteiger partial charge in [0.15, 0.2) is 23.2 Å². The lowest BCUT2D eigenvalue weighted by atomic mass is 9.59. The minimum Gasteiger partial charge on any atom is -0.450 e. The second-order valence-electron chi connectivity index (χ2n) is 10.7. The molecule has 7 atom stereocenters. The van der Waals surface area contributed by atoms with Gasteiger partial charge in [0, 0.05) is 12.1 Å². The van der Waals surface area contributed by atoms with Gasteiger partial charge in [0.25, 0.3) is 0 Å². The lowest BCUT2D eigenvalue weighted by molar-refractivity contribution is -0.190. The molecule has 1 fully saturated rings. The number of pyridine rings is 1. The zero-order valence-corrected chi connectivity index (χ0v) is 21.7. The van der Waals surface area contributed by atoms with Gasteiger partial charge >= 0.3 is 5.97 Å². The van der Waals surface area contributed by atoms with Crippen LogP contribution in [0.25, 0.3) is 0 Å². The van der Waals surface area contributed by atoms with Crippen LogP contribution in [0.15, 0.2) is 46.1 Å². The molecule has 0 aromatic carbocycles. The van der Waals surface area contributed by atoms with Crippen molar-refractivity contribution in [2.45, 2.75) is 58.8 Å². The topological polar surface area (TPSA) is 117 Å². The number of carbonyl (C=O) groups excluding carboxylic acids is 2. The number of Topliss-reactive ketones (excluding diaryl/α,β-unsaturated/α-hetero) is 1. The molecule has 0 radical (unpaired) electrons. The van der Waals surface area contributed by atoms with Gasteiger partial charge in [-0.1, -0.05) is 39.8 Å². The van der Waals surface area contributed by atoms with Crippen LogP contribution >= 0.6 is 15.9 Å². The average Bonchev–Trinajstić information content (AvgIpc) is 2.95. The van der Waals surface area contributed by atoms with Crippen molar-refractivity contribution in [2.24, 2.45) is 28.6 Å². The number of aliphatic hydroxyl groups is 3. The first kappa shape index (κ1) is 25.2. The van der Waals surface area contributed by atoms with Gasteiger partial charge in [-0.2, -0.15) is 0 Å². The van der Waals surface area contributed by atoms with Crippen LogP contribution in [0.4, 0.5) is 0 Å². The van der Waals surface area contributed by atoms with E-state index in [-0.39, 0.29) is 28.9 Å². The van der Waals surface area contributed by atoms with Crippen LogP contribution in [0.1, 0.15) is 51.5 Å². The summed E-state index contributed by atoms with van der Waals surface area (Å²) in [5, 5.41) is 34.1. The van der Waals surface area contributed by atoms with Gasteiger partial charge in [-0.15, -0.1) is 0 Å². The summed E-state index contributed by atoms with van der Waals surface area (Å²) in [5.41, 5.74) is -3.51. The maximum atomic E-state index is 14.3. The van der Waals surface area contributed by atoms with E-state index < -0.39 is 47.1 Å². The summed E-state index contributed by atoms with van der Waals surface area (Å²) in [6.07, 6.45) is 2.48. The van der Waals surface area contributed by atoms with E-state index in [0.717, 1.165) is 0 Å². The lowest BCUT2D eigenvalue weighted by Crippen LogP contribution is -2.65. The van der Waals surface area contributed by atoms with Crippen molar-refractivity contribution in [1.82, 2.24) is 4.98 Å². The van der Waals surface area contributed by atoms with Crippen LogP contribution in [0.3, 0.4) is 0 Å². The molecule has 8 heteroatoms. The highest BCUT2D eigenvalue weighted by Crippen LogP contribution is 2.62. The van der Waals surface area contributed by atoms with Gasteiger partial charge in [0.1, 0.15) is 6.10 Å². The molecule has 0 aliphatic heterocycles. The van der Waals surface area contributed by atoms with Gasteiger partial charge in [0.2, 0.25) is 0 Å². The summed E-state index contributed by atoms with van der Waals surface area (Å²) in [7, 11) is 0. The number of aromatic nitrogens is 1. The molecule has 1 spiro atoms. The Morgan fingerprint density at radius 1 is 1.29 bits per heavy atom. The first-order valence-corrected chi connectivity index (χ1v) is 12.4. The van der Waals surface area contributed by atoms with Crippen LogP contribution in [0.5, 0.6) is 0 Å². The fraction of sp³-hybridized carbons (Fsp3) is 0.577. The van der Waals surface area contributed by atoms with Crippen molar-refractivity contribution in [1.29, 1.82) is 0 Å². The summed E-state index contributed by atoms with van der Waals surface area (Å²) < 4.78 is 6.24. The lowest BCUT2D eigenvalue weighted by Gasteiger charge is -2.48. The number of ether oxygens (including phenoxy) is 1. The number of fused-ring (bicyclic) bond motifs is 1. The number of aliphatic hydroxyl groups excluding tert-OH is 2. The molecule has 184 valence electrons. The SMILES string of the molecule is CC1=CC23C(=O)[C@@H](C=C(CO)[C@@H](O)[C@]2(O)[C@H]1OC(=O)c1ncccc1Br)C(C)(C)[C@@H](C)CC3C. The van der Waals surface area contributed by atoms with Crippen molar-refractivity contribution in [3.63, 3.8) is 0 Å². The molecule has 7 nitrogen and oxygen atoms in total. The standard InChI is InChI=1S/C26H32BrNO6/c1-13-11-25-15(3)9-14(2)24(4,5)17(21(25)31)10-16(12-29)20(30)26(25,33)22(13)34-23(32)19-18(27)7-6-8-28-19/h6-8,10-11,14-15,17,20,22,29-30,33H,9,12H2,1-5H3/t14-,15?,17+,20+,22-,25?,26-/m0/s1. The highest BCUT2D eigenvalue weighted by atomic mass is 79.9. The summed E-state index contributed by atoms with van der Waals surface area (Å²) in [5.74, 6) is -1.89. The predicted octanol–water partition coefficient (Wildman–Crippen LogP) is 3.23. The quantitative estimate of drug-likeness (QED) is 0.403. The first-order chi connectivity index (χ1) is 15.8. The van der Waals surface area contributed by atoms with Gasteiger partial charge in [-0.05, 0) is 69.8 Å². The van der Waals surface area contributed by atoms with Crippen LogP contribution in [-0.2, 0) is 9.53 Å². The van der Waals surface area contributed by atoms with Crippen LogP contribution in [0.2, 0.25) is 0 Å². The number of carbonyl (C=O) groups is 2. The second-order valence-corrected chi connectivity index (χ2v) is 11.6. The number of allylic oxidation sites excluding steroid dienone is 1. The van der Waals surface area contributed by atoms with Crippen molar-refractivity contribution >= 4 is 27.7 Å². The molecule has 1 heterocycles. The normalized spacial score (nSPS) is 38.9. The number of ketones is 1. The fourth-order valence-corrected chi connectivity index (χ4v) is 6.77. The molecule has 3 aliphatic carbocycles. The Kier molecular flexibility index (Phi) is 6.21. The second kappa shape index (κ2) is 8.36. The maximum absolute atomic E-state index is 14.3. The van der Waals surface area contributed by atoms with E-state index in [1.165, 1.54) is 6.20 Å². The molecule has 2 bridgehead atoms. The zero-order valence-electron chi connectivity index (χ0n) is 20.1. The monoisotopic (exact) mass is 533 g/mol. The minimum absolute atomic E-state index is 0.0220. The molecule has 3 aliphatic rings. The third-order valence-corrected chi connectivity index (χ3v) is 9.33. The Hall–Kier alpha value is -1.87. The third kappa shape index (κ3) is 3.22. The highest BCUT2D eigenvalue weighted by Gasteiger charge is 2.73. The number of nitrogens with zero attached hydrogens (tertiary/aromatic N) is 1. The van der Waals surface area contributed by atoms with E-state index in [1.807, 2.05) is 20.8 Å². The molecule has 1 aromatic rings. The highest BCUT2D eigenvalue weighted by molar-refractivity contribution is 9.10. The molecule has 2 unspecified atom stereocenters. The summed E-state index contributed by atoms with van der Waals surface area (Å²) in [4.78, 5) is 31.5. The van der Waals surface area contributed by atoms with E-state index in [4.69, 9.17) is 4.74 Å². The van der Waals surface area contributed by atoms with Gasteiger partial charge in [-0.25, -0.2) is 9.78 Å². The molecule has 0 amide bonds. The molecule has 1 aromatic heterocycles. The van der Waals surface area contributed by atoms with E-state index in [9.17, 15) is 24.9 Å². The maximum Gasteiger partial charge on any atom is 0.358 e. The van der Waals surface area contributed by atoms with Crippen LogP contribution < -0.4 is 0 Å². The number of hydrogen-bond donors (Lipinski definition) is 3. The largest absolute Gasteiger partial charge is 0.450 e. The Balaban J connectivity index is 1.91. The van der Waals surface area contributed by atoms with Crippen LogP contribution in [-0.4, -0.2) is 56.5 Å². The van der Waals surface area contributed by atoms with Gasteiger partial charge in [-0.3, -0.25) is 4.79 Å². The van der Waals surface area contributed by atoms with Crippen molar-refractivity contribution < 1.29 is 29.6 Å². The predicted molar refractivity (Wildman–Crippen MR) is 129 cm³/mol. The molecule has 4 rings (SSSR count).